The monoisotopic (exact) mass is 438 g/mol. The summed E-state index contributed by atoms with van der Waals surface area (Å²) in [6.07, 6.45) is 2.19. The molecule has 0 spiro atoms. The minimum atomic E-state index is -0.523. The first-order chi connectivity index (χ1) is 14.6. The summed E-state index contributed by atoms with van der Waals surface area (Å²) in [7, 11) is 1.37. The van der Waals surface area contributed by atoms with Gasteiger partial charge in [0.2, 0.25) is 0 Å². The average Bonchev–Trinajstić information content (AvgIpc) is 3.15. The summed E-state index contributed by atoms with van der Waals surface area (Å²) in [5.74, 6) is -0.541. The van der Waals surface area contributed by atoms with Gasteiger partial charge in [0.1, 0.15) is 10.8 Å². The lowest BCUT2D eigenvalue weighted by molar-refractivity contribution is 0.0601. The molecule has 0 unspecified atom stereocenters. The number of thiazole rings is 1. The molecule has 4 aromatic rings. The number of carbonyl (C=O) groups excluding carboxylic acids is 2. The molecule has 8 heteroatoms. The summed E-state index contributed by atoms with van der Waals surface area (Å²) in [6.45, 7) is 1.93. The van der Waals surface area contributed by atoms with Crippen molar-refractivity contribution in [2.75, 3.05) is 7.11 Å². The van der Waals surface area contributed by atoms with Crippen LogP contribution in [-0.4, -0.2) is 28.6 Å². The second kappa shape index (κ2) is 7.37. The third-order valence-corrected chi connectivity index (χ3v) is 6.79. The second-order valence-corrected chi connectivity index (χ2v) is 8.81. The summed E-state index contributed by atoms with van der Waals surface area (Å²) in [5.41, 5.74) is 3.60. The van der Waals surface area contributed by atoms with E-state index < -0.39 is 5.97 Å². The number of hydrogen-bond acceptors (Lipinski definition) is 7. The van der Waals surface area contributed by atoms with E-state index in [1.54, 1.807) is 28.8 Å². The molecule has 0 bridgehead atoms. The Labute approximate surface area is 180 Å². The number of nitrogens with zero attached hydrogens (tertiary/aromatic N) is 2. The summed E-state index contributed by atoms with van der Waals surface area (Å²) < 4.78 is 12.8. The van der Waals surface area contributed by atoms with Crippen LogP contribution in [0.15, 0.2) is 40.4 Å². The first-order valence-electron chi connectivity index (χ1n) is 9.50. The van der Waals surface area contributed by atoms with E-state index in [-0.39, 0.29) is 11.7 Å². The van der Waals surface area contributed by atoms with E-state index in [0.717, 1.165) is 40.0 Å². The minimum Gasteiger partial charge on any atom is -0.465 e. The van der Waals surface area contributed by atoms with Crippen LogP contribution >= 0.6 is 22.7 Å². The maximum absolute atomic E-state index is 12.6. The predicted octanol–water partition coefficient (Wildman–Crippen LogP) is 5.48. The molecule has 5 rings (SSSR count). The molecule has 0 N–H and O–H groups in total. The van der Waals surface area contributed by atoms with Crippen molar-refractivity contribution in [2.45, 2.75) is 25.8 Å². The lowest BCUT2D eigenvalue weighted by Crippen LogP contribution is -2.09. The molecule has 1 aliphatic rings. The zero-order valence-corrected chi connectivity index (χ0v) is 18.0. The van der Waals surface area contributed by atoms with Crippen molar-refractivity contribution in [3.63, 3.8) is 0 Å². The standard InChI is InChI=1S/C22H18N2O4S2/c1-12-19(22(26)27-2)16-9-15(5-6-18(16)24(12)14-3-4-14)28-21(25)17-11-30-20(23-17)13-7-8-29-10-13/h5-11,14H,3-4H2,1-2H3. The van der Waals surface area contributed by atoms with E-state index in [9.17, 15) is 9.59 Å². The van der Waals surface area contributed by atoms with Gasteiger partial charge in [-0.3, -0.25) is 0 Å². The van der Waals surface area contributed by atoms with Crippen LogP contribution in [0.4, 0.5) is 0 Å². The largest absolute Gasteiger partial charge is 0.465 e. The molecule has 1 fully saturated rings. The molecule has 0 aliphatic heterocycles. The van der Waals surface area contributed by atoms with Crippen molar-refractivity contribution in [1.82, 2.24) is 9.55 Å². The summed E-state index contributed by atoms with van der Waals surface area (Å²) in [4.78, 5) is 29.4. The van der Waals surface area contributed by atoms with Crippen LogP contribution < -0.4 is 4.74 Å². The van der Waals surface area contributed by atoms with Gasteiger partial charge in [-0.15, -0.1) is 11.3 Å². The Bertz CT molecular complexity index is 1270. The number of fused-ring (bicyclic) bond motifs is 1. The number of methoxy groups -OCH3 is 1. The van der Waals surface area contributed by atoms with Gasteiger partial charge in [-0.25, -0.2) is 14.6 Å². The highest BCUT2D eigenvalue weighted by Crippen LogP contribution is 2.42. The zero-order valence-electron chi connectivity index (χ0n) is 16.4. The fourth-order valence-corrected chi connectivity index (χ4v) is 5.19. The Morgan fingerprint density at radius 3 is 2.70 bits per heavy atom. The van der Waals surface area contributed by atoms with Gasteiger partial charge in [-0.05, 0) is 49.4 Å². The van der Waals surface area contributed by atoms with E-state index in [0.29, 0.717) is 17.4 Å². The molecule has 0 atom stereocenters. The molecule has 1 aromatic carbocycles. The van der Waals surface area contributed by atoms with Crippen LogP contribution in [0, 0.1) is 6.92 Å². The molecule has 152 valence electrons. The molecule has 6 nitrogen and oxygen atoms in total. The SMILES string of the molecule is COC(=O)c1c(C)n(C2CC2)c2ccc(OC(=O)c3csc(-c4ccsc4)n3)cc12. The molecule has 0 radical (unpaired) electrons. The topological polar surface area (TPSA) is 70.4 Å². The van der Waals surface area contributed by atoms with Crippen LogP contribution in [0.3, 0.4) is 0 Å². The molecular formula is C22H18N2O4S2. The van der Waals surface area contributed by atoms with Crippen LogP contribution in [0.2, 0.25) is 0 Å². The van der Waals surface area contributed by atoms with E-state index in [2.05, 4.69) is 9.55 Å². The van der Waals surface area contributed by atoms with Crippen molar-refractivity contribution < 1.29 is 19.1 Å². The van der Waals surface area contributed by atoms with Crippen LogP contribution in [0.5, 0.6) is 5.75 Å². The van der Waals surface area contributed by atoms with Crippen molar-refractivity contribution >= 4 is 45.5 Å². The predicted molar refractivity (Wildman–Crippen MR) is 117 cm³/mol. The second-order valence-electron chi connectivity index (χ2n) is 7.17. The van der Waals surface area contributed by atoms with Crippen LogP contribution in [-0.2, 0) is 4.74 Å². The summed E-state index contributed by atoms with van der Waals surface area (Å²) in [6, 6.07) is 7.76. The maximum Gasteiger partial charge on any atom is 0.363 e. The van der Waals surface area contributed by atoms with E-state index in [1.165, 1.54) is 18.4 Å². The molecule has 3 aromatic heterocycles. The van der Waals surface area contributed by atoms with Crippen molar-refractivity contribution in [3.8, 4) is 16.3 Å². The molecule has 3 heterocycles. The highest BCUT2D eigenvalue weighted by atomic mass is 32.1. The average molecular weight is 439 g/mol. The number of ether oxygens (including phenoxy) is 2. The van der Waals surface area contributed by atoms with Gasteiger partial charge in [0.25, 0.3) is 0 Å². The van der Waals surface area contributed by atoms with E-state index in [4.69, 9.17) is 9.47 Å². The number of thiophene rings is 1. The fraction of sp³-hybridized carbons (Fsp3) is 0.227. The van der Waals surface area contributed by atoms with Gasteiger partial charge < -0.3 is 14.0 Å². The van der Waals surface area contributed by atoms with Crippen molar-refractivity contribution in [2.24, 2.45) is 0 Å². The van der Waals surface area contributed by atoms with Gasteiger partial charge in [0.15, 0.2) is 5.69 Å². The van der Waals surface area contributed by atoms with Crippen molar-refractivity contribution in [3.05, 3.63) is 57.4 Å². The maximum atomic E-state index is 12.6. The Balaban J connectivity index is 1.48. The zero-order chi connectivity index (χ0) is 20.8. The fourth-order valence-electron chi connectivity index (χ4n) is 3.69. The highest BCUT2D eigenvalue weighted by Gasteiger charge is 2.30. The molecule has 1 saturated carbocycles. The molecular weight excluding hydrogens is 420 g/mol. The molecule has 1 aliphatic carbocycles. The first kappa shape index (κ1) is 19.0. The number of esters is 2. The first-order valence-corrected chi connectivity index (χ1v) is 11.3. The number of rotatable bonds is 5. The minimum absolute atomic E-state index is 0.265. The Morgan fingerprint density at radius 1 is 1.17 bits per heavy atom. The van der Waals surface area contributed by atoms with Gasteiger partial charge in [0.05, 0.1) is 12.7 Å². The molecule has 30 heavy (non-hydrogen) atoms. The van der Waals surface area contributed by atoms with Gasteiger partial charge >= 0.3 is 11.9 Å². The van der Waals surface area contributed by atoms with E-state index >= 15 is 0 Å². The third kappa shape index (κ3) is 3.22. The quantitative estimate of drug-likeness (QED) is 0.305. The highest BCUT2D eigenvalue weighted by molar-refractivity contribution is 7.14. The van der Waals surface area contributed by atoms with Gasteiger partial charge in [-0.2, -0.15) is 11.3 Å². The summed E-state index contributed by atoms with van der Waals surface area (Å²) >= 11 is 2.99. The van der Waals surface area contributed by atoms with Gasteiger partial charge in [-0.1, -0.05) is 0 Å². The van der Waals surface area contributed by atoms with Crippen LogP contribution in [0.25, 0.3) is 21.5 Å². The molecule has 0 amide bonds. The normalized spacial score (nSPS) is 13.5. The molecule has 0 saturated heterocycles. The number of hydrogen-bond donors (Lipinski definition) is 0. The third-order valence-electron chi connectivity index (χ3n) is 5.21. The van der Waals surface area contributed by atoms with Crippen LogP contribution in [0.1, 0.15) is 45.4 Å². The Morgan fingerprint density at radius 2 is 2.00 bits per heavy atom. The Hall–Kier alpha value is -2.97. The Kier molecular flexibility index (Phi) is 4.67. The van der Waals surface area contributed by atoms with E-state index in [1.807, 2.05) is 29.8 Å². The summed E-state index contributed by atoms with van der Waals surface area (Å²) in [5, 5.41) is 7.17. The smallest absolute Gasteiger partial charge is 0.363 e. The van der Waals surface area contributed by atoms with Gasteiger partial charge in [0, 0.05) is 39.0 Å². The lowest BCUT2D eigenvalue weighted by Gasteiger charge is -2.06. The van der Waals surface area contributed by atoms with Crippen molar-refractivity contribution in [1.29, 1.82) is 0 Å². The number of benzene rings is 1. The number of carbonyl (C=O) groups is 2. The number of aromatic nitrogens is 2. The lowest BCUT2D eigenvalue weighted by atomic mass is 10.1.